The maximum absolute atomic E-state index is 4.57. The van der Waals surface area contributed by atoms with Gasteiger partial charge in [-0.1, -0.05) is 36.4 Å². The number of hydrogen-bond acceptors (Lipinski definition) is 6. The van der Waals surface area contributed by atoms with Crippen LogP contribution in [0.1, 0.15) is 30.1 Å². The lowest BCUT2D eigenvalue weighted by Gasteiger charge is -2.07. The Labute approximate surface area is 176 Å². The van der Waals surface area contributed by atoms with Gasteiger partial charge in [0.25, 0.3) is 0 Å². The average Bonchev–Trinajstić information content (AvgIpc) is 3.62. The molecule has 1 aliphatic rings. The lowest BCUT2D eigenvalue weighted by Crippen LogP contribution is -2.01. The van der Waals surface area contributed by atoms with Crippen LogP contribution in [0.3, 0.4) is 0 Å². The Hall–Kier alpha value is -3.80. The van der Waals surface area contributed by atoms with E-state index in [9.17, 15) is 0 Å². The number of aryl methyl sites for hydroxylation is 1. The average molecular weight is 396 g/mol. The molecule has 0 amide bonds. The molecule has 1 fully saturated rings. The van der Waals surface area contributed by atoms with Crippen molar-refractivity contribution >= 4 is 23.3 Å². The second-order valence-corrected chi connectivity index (χ2v) is 7.09. The Morgan fingerprint density at radius 1 is 0.700 bits per heavy atom. The molecule has 0 aliphatic heterocycles. The summed E-state index contributed by atoms with van der Waals surface area (Å²) in [5.74, 6) is 1.99. The zero-order valence-electron chi connectivity index (χ0n) is 16.9. The minimum Gasteiger partial charge on any atom is -0.324 e. The Morgan fingerprint density at radius 2 is 1.27 bits per heavy atom. The van der Waals surface area contributed by atoms with E-state index in [1.165, 1.54) is 18.5 Å². The molecule has 0 atom stereocenters. The molecule has 0 bridgehead atoms. The number of nitrogens with zero attached hydrogens (tertiary/aromatic N) is 4. The highest BCUT2D eigenvalue weighted by Crippen LogP contribution is 2.39. The van der Waals surface area contributed by atoms with E-state index in [0.717, 1.165) is 17.1 Å². The molecule has 6 heteroatoms. The van der Waals surface area contributed by atoms with Gasteiger partial charge in [-0.05, 0) is 56.2 Å². The molecule has 1 aliphatic carbocycles. The molecule has 4 aromatic rings. The van der Waals surface area contributed by atoms with Crippen LogP contribution in [0.5, 0.6) is 0 Å². The van der Waals surface area contributed by atoms with Gasteiger partial charge in [0.1, 0.15) is 0 Å². The predicted octanol–water partition coefficient (Wildman–Crippen LogP) is 5.63. The van der Waals surface area contributed by atoms with E-state index in [0.29, 0.717) is 17.8 Å². The van der Waals surface area contributed by atoms with Crippen LogP contribution in [-0.2, 0) is 0 Å². The molecule has 2 aromatic carbocycles. The number of hydrogen-bond donors (Lipinski definition) is 2. The first-order valence-corrected chi connectivity index (χ1v) is 10.0. The van der Waals surface area contributed by atoms with Crippen LogP contribution >= 0.6 is 0 Å². The number of para-hydroxylation sites is 2. The summed E-state index contributed by atoms with van der Waals surface area (Å²) in [5.41, 5.74) is 4.23. The van der Waals surface area contributed by atoms with Crippen molar-refractivity contribution in [3.63, 3.8) is 0 Å². The van der Waals surface area contributed by atoms with Crippen molar-refractivity contribution < 1.29 is 0 Å². The Balaban J connectivity index is 0.000000151. The van der Waals surface area contributed by atoms with Crippen molar-refractivity contribution in [2.75, 3.05) is 10.6 Å². The van der Waals surface area contributed by atoms with Gasteiger partial charge in [-0.2, -0.15) is 0 Å². The zero-order chi connectivity index (χ0) is 20.6. The van der Waals surface area contributed by atoms with E-state index in [2.05, 4.69) is 36.6 Å². The predicted molar refractivity (Wildman–Crippen MR) is 120 cm³/mol. The maximum Gasteiger partial charge on any atom is 0.227 e. The van der Waals surface area contributed by atoms with Crippen molar-refractivity contribution in [2.45, 2.75) is 25.7 Å². The summed E-state index contributed by atoms with van der Waals surface area (Å²) < 4.78 is 0. The summed E-state index contributed by atoms with van der Waals surface area (Å²) >= 11 is 0. The van der Waals surface area contributed by atoms with Crippen molar-refractivity contribution in [3.05, 3.63) is 96.6 Å². The molecule has 1 saturated carbocycles. The van der Waals surface area contributed by atoms with Gasteiger partial charge in [0.15, 0.2) is 0 Å². The summed E-state index contributed by atoms with van der Waals surface area (Å²) in [6.45, 7) is 2.02. The second kappa shape index (κ2) is 9.60. The first-order valence-electron chi connectivity index (χ1n) is 10.0. The third-order valence-corrected chi connectivity index (χ3v) is 4.50. The van der Waals surface area contributed by atoms with Crippen LogP contribution < -0.4 is 10.6 Å². The fraction of sp³-hybridized carbons (Fsp3) is 0.167. The highest BCUT2D eigenvalue weighted by molar-refractivity contribution is 5.53. The molecule has 0 radical (unpaired) electrons. The lowest BCUT2D eigenvalue weighted by atomic mass is 10.2. The number of aromatic nitrogens is 4. The standard InChI is InChI=1S/C14H15N3.C10H9N3/c1-10-9-13(11-7-8-11)17-14(15-10)16-12-5-3-2-4-6-12;1-2-5-9(6-3-1)13-10-11-7-4-8-12-10/h2-6,9,11H,7-8H2,1H3,(H,15,16,17);1-8H,(H,11,12,13). The van der Waals surface area contributed by atoms with E-state index in [1.807, 2.05) is 67.6 Å². The Morgan fingerprint density at radius 3 is 1.83 bits per heavy atom. The van der Waals surface area contributed by atoms with Crippen LogP contribution in [0.25, 0.3) is 0 Å². The van der Waals surface area contributed by atoms with Gasteiger partial charge in [-0.15, -0.1) is 0 Å². The lowest BCUT2D eigenvalue weighted by molar-refractivity contribution is 0.972. The molecular weight excluding hydrogens is 372 g/mol. The van der Waals surface area contributed by atoms with Gasteiger partial charge in [0.05, 0.1) is 0 Å². The molecule has 2 N–H and O–H groups in total. The molecule has 2 heterocycles. The molecule has 2 aromatic heterocycles. The number of anilines is 4. The zero-order valence-corrected chi connectivity index (χ0v) is 16.9. The SMILES string of the molecule is Cc1cc(C2CC2)nc(Nc2ccccc2)n1.c1ccc(Nc2ncccn2)cc1. The minimum absolute atomic E-state index is 0.619. The largest absolute Gasteiger partial charge is 0.324 e. The third kappa shape index (κ3) is 5.85. The molecule has 150 valence electrons. The van der Waals surface area contributed by atoms with Gasteiger partial charge in [0, 0.05) is 41.1 Å². The topological polar surface area (TPSA) is 75.6 Å². The Bertz CT molecular complexity index is 1010. The molecule has 0 unspecified atom stereocenters. The van der Waals surface area contributed by atoms with Crippen LogP contribution in [0.4, 0.5) is 23.3 Å². The second-order valence-electron chi connectivity index (χ2n) is 7.09. The van der Waals surface area contributed by atoms with Gasteiger partial charge < -0.3 is 10.6 Å². The van der Waals surface area contributed by atoms with Crippen molar-refractivity contribution in [1.82, 2.24) is 19.9 Å². The van der Waals surface area contributed by atoms with Gasteiger partial charge >= 0.3 is 0 Å². The fourth-order valence-corrected chi connectivity index (χ4v) is 2.90. The van der Waals surface area contributed by atoms with Crippen molar-refractivity contribution in [2.24, 2.45) is 0 Å². The highest BCUT2D eigenvalue weighted by Gasteiger charge is 2.25. The number of rotatable bonds is 5. The highest BCUT2D eigenvalue weighted by atomic mass is 15.1. The van der Waals surface area contributed by atoms with E-state index in [4.69, 9.17) is 0 Å². The van der Waals surface area contributed by atoms with Gasteiger partial charge in [-0.25, -0.2) is 19.9 Å². The molecule has 5 rings (SSSR count). The fourth-order valence-electron chi connectivity index (χ4n) is 2.90. The minimum atomic E-state index is 0.619. The van der Waals surface area contributed by atoms with E-state index >= 15 is 0 Å². The molecule has 0 spiro atoms. The normalized spacial score (nSPS) is 12.4. The number of nitrogens with one attached hydrogen (secondary N) is 2. The molecule has 30 heavy (non-hydrogen) atoms. The first kappa shape index (κ1) is 19.5. The van der Waals surface area contributed by atoms with E-state index in [1.54, 1.807) is 18.5 Å². The van der Waals surface area contributed by atoms with E-state index in [-0.39, 0.29) is 0 Å². The molecule has 6 nitrogen and oxygen atoms in total. The Kier molecular flexibility index (Phi) is 6.25. The van der Waals surface area contributed by atoms with Crippen LogP contribution in [0.15, 0.2) is 85.2 Å². The van der Waals surface area contributed by atoms with Gasteiger partial charge in [0.2, 0.25) is 11.9 Å². The van der Waals surface area contributed by atoms with E-state index < -0.39 is 0 Å². The quantitative estimate of drug-likeness (QED) is 0.456. The summed E-state index contributed by atoms with van der Waals surface area (Å²) in [7, 11) is 0. The van der Waals surface area contributed by atoms with Gasteiger partial charge in [-0.3, -0.25) is 0 Å². The number of benzene rings is 2. The van der Waals surface area contributed by atoms with Crippen LogP contribution in [0.2, 0.25) is 0 Å². The third-order valence-electron chi connectivity index (χ3n) is 4.50. The van der Waals surface area contributed by atoms with Crippen molar-refractivity contribution in [1.29, 1.82) is 0 Å². The summed E-state index contributed by atoms with van der Waals surface area (Å²) in [4.78, 5) is 17.1. The summed E-state index contributed by atoms with van der Waals surface area (Å²) in [5, 5.41) is 6.33. The first-order chi connectivity index (χ1) is 14.8. The van der Waals surface area contributed by atoms with Crippen LogP contribution in [-0.4, -0.2) is 19.9 Å². The maximum atomic E-state index is 4.57. The van der Waals surface area contributed by atoms with Crippen LogP contribution in [0, 0.1) is 6.92 Å². The monoisotopic (exact) mass is 396 g/mol. The van der Waals surface area contributed by atoms with Crippen molar-refractivity contribution in [3.8, 4) is 0 Å². The smallest absolute Gasteiger partial charge is 0.227 e. The summed E-state index contributed by atoms with van der Waals surface area (Å²) in [6, 6.07) is 23.7. The summed E-state index contributed by atoms with van der Waals surface area (Å²) in [6.07, 6.45) is 5.94. The molecular formula is C24H24N6. The molecule has 0 saturated heterocycles.